The van der Waals surface area contributed by atoms with Gasteiger partial charge in [-0.25, -0.2) is 0 Å². The fourth-order valence-corrected chi connectivity index (χ4v) is 2.73. The van der Waals surface area contributed by atoms with Gasteiger partial charge in [-0.3, -0.25) is 4.70 Å². The second-order valence-corrected chi connectivity index (χ2v) is 5.46. The van der Waals surface area contributed by atoms with Gasteiger partial charge in [-0.2, -0.15) is 0 Å². The Morgan fingerprint density at radius 2 is 1.47 bits per heavy atom. The maximum atomic E-state index is 2.69. The van der Waals surface area contributed by atoms with Crippen molar-refractivity contribution in [1.29, 1.82) is 0 Å². The van der Waals surface area contributed by atoms with Crippen LogP contribution in [-0.2, 0) is 0 Å². The van der Waals surface area contributed by atoms with E-state index < -0.39 is 0 Å². The Bertz CT molecular complexity index is 153. The number of likely N-dealkylation sites (tertiary alicyclic amines) is 1. The SMILES string of the molecule is CCCCCCCCN1CCC(CC)CC1.F. The number of halogens is 1. The van der Waals surface area contributed by atoms with E-state index in [1.807, 2.05) is 0 Å². The molecule has 0 amide bonds. The van der Waals surface area contributed by atoms with Crippen LogP contribution in [0.3, 0.4) is 0 Å². The van der Waals surface area contributed by atoms with Crippen LogP contribution in [0.2, 0.25) is 0 Å². The Morgan fingerprint density at radius 1 is 0.882 bits per heavy atom. The molecule has 17 heavy (non-hydrogen) atoms. The molecule has 0 N–H and O–H groups in total. The zero-order chi connectivity index (χ0) is 11.6. The van der Waals surface area contributed by atoms with E-state index in [0.717, 1.165) is 5.92 Å². The van der Waals surface area contributed by atoms with Crippen molar-refractivity contribution in [2.45, 2.75) is 71.6 Å². The van der Waals surface area contributed by atoms with Gasteiger partial charge in [0.1, 0.15) is 0 Å². The van der Waals surface area contributed by atoms with Crippen LogP contribution in [0.1, 0.15) is 71.6 Å². The number of hydrogen-bond acceptors (Lipinski definition) is 1. The highest BCUT2D eigenvalue weighted by Crippen LogP contribution is 2.20. The number of nitrogens with zero attached hydrogens (tertiary/aromatic N) is 1. The van der Waals surface area contributed by atoms with Crippen molar-refractivity contribution >= 4 is 0 Å². The third kappa shape index (κ3) is 7.75. The topological polar surface area (TPSA) is 3.24 Å². The van der Waals surface area contributed by atoms with Gasteiger partial charge in [-0.15, -0.1) is 0 Å². The number of unbranched alkanes of at least 4 members (excludes halogenated alkanes) is 5. The minimum atomic E-state index is 0. The molecule has 0 aromatic rings. The zero-order valence-electron chi connectivity index (χ0n) is 11.9. The van der Waals surface area contributed by atoms with Gasteiger partial charge in [0, 0.05) is 0 Å². The average molecular weight is 245 g/mol. The normalized spacial score (nSPS) is 18.0. The van der Waals surface area contributed by atoms with Crippen LogP contribution in [0, 0.1) is 5.92 Å². The first-order chi connectivity index (χ1) is 7.86. The van der Waals surface area contributed by atoms with Crippen LogP contribution in [0.15, 0.2) is 0 Å². The molecular formula is C15H32FN. The van der Waals surface area contributed by atoms with Crippen LogP contribution >= 0.6 is 0 Å². The first kappa shape index (κ1) is 16.9. The van der Waals surface area contributed by atoms with Crippen molar-refractivity contribution < 1.29 is 4.70 Å². The lowest BCUT2D eigenvalue weighted by atomic mass is 9.94. The van der Waals surface area contributed by atoms with Crippen LogP contribution in [0.4, 0.5) is 4.70 Å². The molecule has 104 valence electrons. The van der Waals surface area contributed by atoms with E-state index in [9.17, 15) is 0 Å². The number of piperidine rings is 1. The number of hydrogen-bond donors (Lipinski definition) is 0. The maximum absolute atomic E-state index is 2.69. The fourth-order valence-electron chi connectivity index (χ4n) is 2.73. The van der Waals surface area contributed by atoms with E-state index in [0.29, 0.717) is 0 Å². The highest BCUT2D eigenvalue weighted by molar-refractivity contribution is 4.71. The number of rotatable bonds is 8. The summed E-state index contributed by atoms with van der Waals surface area (Å²) in [7, 11) is 0. The Balaban J connectivity index is 0.00000256. The Kier molecular flexibility index (Phi) is 10.9. The molecule has 0 atom stereocenters. The molecule has 0 aromatic carbocycles. The molecule has 0 aliphatic carbocycles. The lowest BCUT2D eigenvalue weighted by molar-refractivity contribution is 0.179. The van der Waals surface area contributed by atoms with Crippen molar-refractivity contribution in [2.75, 3.05) is 19.6 Å². The lowest BCUT2D eigenvalue weighted by Crippen LogP contribution is -2.34. The van der Waals surface area contributed by atoms with E-state index in [4.69, 9.17) is 0 Å². The monoisotopic (exact) mass is 245 g/mol. The molecule has 0 spiro atoms. The summed E-state index contributed by atoms with van der Waals surface area (Å²) in [5.41, 5.74) is 0. The summed E-state index contributed by atoms with van der Waals surface area (Å²) in [6.07, 6.45) is 12.9. The zero-order valence-corrected chi connectivity index (χ0v) is 11.9. The molecule has 1 aliphatic heterocycles. The smallest absolute Gasteiger partial charge is 0.00161 e. The molecule has 0 bridgehead atoms. The Morgan fingerprint density at radius 3 is 2.06 bits per heavy atom. The molecule has 1 aliphatic rings. The summed E-state index contributed by atoms with van der Waals surface area (Å²) in [6, 6.07) is 0. The van der Waals surface area contributed by atoms with Gasteiger partial charge in [0.15, 0.2) is 0 Å². The summed E-state index contributed by atoms with van der Waals surface area (Å²) in [5.74, 6) is 1.03. The van der Waals surface area contributed by atoms with Crippen molar-refractivity contribution in [3.8, 4) is 0 Å². The van der Waals surface area contributed by atoms with Gasteiger partial charge >= 0.3 is 0 Å². The highest BCUT2D eigenvalue weighted by Gasteiger charge is 2.16. The first-order valence-corrected chi connectivity index (χ1v) is 7.59. The predicted octanol–water partition coefficient (Wildman–Crippen LogP) is 4.62. The van der Waals surface area contributed by atoms with E-state index in [-0.39, 0.29) is 4.70 Å². The fraction of sp³-hybridized carbons (Fsp3) is 1.00. The summed E-state index contributed by atoms with van der Waals surface area (Å²) >= 11 is 0. The first-order valence-electron chi connectivity index (χ1n) is 7.59. The highest BCUT2D eigenvalue weighted by atomic mass is 19.0. The van der Waals surface area contributed by atoms with Crippen molar-refractivity contribution in [3.63, 3.8) is 0 Å². The molecule has 1 fully saturated rings. The molecule has 1 heterocycles. The van der Waals surface area contributed by atoms with E-state index in [1.165, 1.54) is 77.4 Å². The Hall–Kier alpha value is -0.110. The summed E-state index contributed by atoms with van der Waals surface area (Å²) < 4.78 is 0. The summed E-state index contributed by atoms with van der Waals surface area (Å²) in [4.78, 5) is 2.69. The average Bonchev–Trinajstić information content (AvgIpc) is 2.34. The van der Waals surface area contributed by atoms with Crippen LogP contribution in [0.5, 0.6) is 0 Å². The van der Waals surface area contributed by atoms with Crippen LogP contribution in [0.25, 0.3) is 0 Å². The largest absolute Gasteiger partial charge is 0.303 e. The quantitative estimate of drug-likeness (QED) is 0.564. The minimum absolute atomic E-state index is 0. The van der Waals surface area contributed by atoms with Crippen molar-refractivity contribution in [2.24, 2.45) is 5.92 Å². The van der Waals surface area contributed by atoms with Gasteiger partial charge in [-0.1, -0.05) is 52.4 Å². The third-order valence-electron chi connectivity index (χ3n) is 4.11. The van der Waals surface area contributed by atoms with Crippen LogP contribution in [-0.4, -0.2) is 24.5 Å². The molecule has 1 rings (SSSR count). The van der Waals surface area contributed by atoms with E-state index in [2.05, 4.69) is 18.7 Å². The molecule has 1 saturated heterocycles. The van der Waals surface area contributed by atoms with Gasteiger partial charge in [-0.05, 0) is 44.8 Å². The molecule has 0 radical (unpaired) electrons. The van der Waals surface area contributed by atoms with Crippen molar-refractivity contribution in [3.05, 3.63) is 0 Å². The van der Waals surface area contributed by atoms with Crippen molar-refractivity contribution in [1.82, 2.24) is 4.90 Å². The molecular weight excluding hydrogens is 213 g/mol. The second-order valence-electron chi connectivity index (χ2n) is 5.46. The molecule has 1 nitrogen and oxygen atoms in total. The summed E-state index contributed by atoms with van der Waals surface area (Å²) in [5, 5.41) is 0. The third-order valence-corrected chi connectivity index (χ3v) is 4.11. The van der Waals surface area contributed by atoms with Gasteiger partial charge in [0.25, 0.3) is 0 Å². The molecule has 0 aromatic heterocycles. The Labute approximate surface area is 107 Å². The summed E-state index contributed by atoms with van der Waals surface area (Å²) in [6.45, 7) is 8.73. The second kappa shape index (κ2) is 11.0. The van der Waals surface area contributed by atoms with E-state index >= 15 is 0 Å². The molecule has 0 saturated carbocycles. The minimum Gasteiger partial charge on any atom is -0.303 e. The maximum Gasteiger partial charge on any atom is -0.00161 e. The lowest BCUT2D eigenvalue weighted by Gasteiger charge is -2.31. The predicted molar refractivity (Wildman–Crippen MR) is 75.3 cm³/mol. The van der Waals surface area contributed by atoms with Gasteiger partial charge in [0.2, 0.25) is 0 Å². The van der Waals surface area contributed by atoms with Gasteiger partial charge in [0.05, 0.1) is 0 Å². The standard InChI is InChI=1S/C15H31N.FH/c1-3-5-6-7-8-9-12-16-13-10-15(4-2)11-14-16;/h15H,3-14H2,1-2H3;1H. The molecule has 0 unspecified atom stereocenters. The molecule has 2 heteroatoms. The van der Waals surface area contributed by atoms with Crippen LogP contribution < -0.4 is 0 Å². The van der Waals surface area contributed by atoms with E-state index in [1.54, 1.807) is 0 Å². The van der Waals surface area contributed by atoms with Gasteiger partial charge < -0.3 is 4.90 Å².